The van der Waals surface area contributed by atoms with Crippen LogP contribution in [0.2, 0.25) is 0 Å². The molecule has 1 heterocycles. The number of non-ortho nitro benzene ring substituents is 1. The second kappa shape index (κ2) is 9.73. The van der Waals surface area contributed by atoms with Crippen molar-refractivity contribution < 1.29 is 28.4 Å². The topological polar surface area (TPSA) is 138 Å². The second-order valence-corrected chi connectivity index (χ2v) is 6.74. The maximum absolute atomic E-state index is 12.9. The molecule has 32 heavy (non-hydrogen) atoms. The number of nitro groups is 1. The van der Waals surface area contributed by atoms with Crippen LogP contribution in [0, 0.1) is 10.1 Å². The number of nitrogens with zero attached hydrogens (tertiary/aromatic N) is 1. The molecule has 10 nitrogen and oxygen atoms in total. The molecule has 0 aliphatic heterocycles. The van der Waals surface area contributed by atoms with Crippen molar-refractivity contribution in [3.05, 3.63) is 80.2 Å². The molecule has 0 unspecified atom stereocenters. The van der Waals surface area contributed by atoms with Crippen molar-refractivity contribution >= 4 is 28.5 Å². The van der Waals surface area contributed by atoms with Crippen LogP contribution in [-0.2, 0) is 9.53 Å². The summed E-state index contributed by atoms with van der Waals surface area (Å²) in [7, 11) is 1.51. The highest BCUT2D eigenvalue weighted by Crippen LogP contribution is 2.23. The summed E-state index contributed by atoms with van der Waals surface area (Å²) < 4.78 is 15.2. The minimum Gasteiger partial charge on any atom is -0.497 e. The lowest BCUT2D eigenvalue weighted by Crippen LogP contribution is -2.33. The van der Waals surface area contributed by atoms with E-state index in [1.807, 2.05) is 0 Å². The van der Waals surface area contributed by atoms with Crippen LogP contribution in [0.5, 0.6) is 5.75 Å². The van der Waals surface area contributed by atoms with Gasteiger partial charge in [0.2, 0.25) is 0 Å². The molecule has 0 saturated heterocycles. The maximum atomic E-state index is 12.9. The smallest absolute Gasteiger partial charge is 0.349 e. The van der Waals surface area contributed by atoms with E-state index in [2.05, 4.69) is 5.32 Å². The van der Waals surface area contributed by atoms with Gasteiger partial charge in [0, 0.05) is 17.5 Å². The highest BCUT2D eigenvalue weighted by Gasteiger charge is 2.23. The van der Waals surface area contributed by atoms with Gasteiger partial charge in [0.1, 0.15) is 16.9 Å². The molecule has 2 aromatic carbocycles. The number of nitro benzene ring substituents is 1. The molecule has 0 spiro atoms. The molecule has 0 radical (unpaired) electrons. The lowest BCUT2D eigenvalue weighted by atomic mass is 10.0. The number of fused-ring (bicyclic) bond motifs is 1. The summed E-state index contributed by atoms with van der Waals surface area (Å²) in [6.45, 7) is 1.84. The van der Waals surface area contributed by atoms with Gasteiger partial charge in [-0.15, -0.1) is 0 Å². The van der Waals surface area contributed by atoms with Gasteiger partial charge in [0.25, 0.3) is 11.6 Å². The Morgan fingerprint density at radius 1 is 1.16 bits per heavy atom. The summed E-state index contributed by atoms with van der Waals surface area (Å²) >= 11 is 0. The maximum Gasteiger partial charge on any atom is 0.349 e. The first-order valence-corrected chi connectivity index (χ1v) is 9.65. The fourth-order valence-corrected chi connectivity index (χ4v) is 3.09. The number of methoxy groups -OCH3 is 1. The Labute approximate surface area is 181 Å². The van der Waals surface area contributed by atoms with E-state index in [-0.39, 0.29) is 35.2 Å². The van der Waals surface area contributed by atoms with Crippen LogP contribution in [0.3, 0.4) is 0 Å². The number of carbonyl (C=O) groups is 2. The molecule has 0 aliphatic carbocycles. The van der Waals surface area contributed by atoms with Crippen molar-refractivity contribution in [3.63, 3.8) is 0 Å². The highest BCUT2D eigenvalue weighted by molar-refractivity contribution is 5.97. The number of esters is 1. The molecule has 0 aliphatic rings. The number of carbonyl (C=O) groups excluding carboxylic acids is 2. The molecule has 10 heteroatoms. The Kier molecular flexibility index (Phi) is 6.83. The van der Waals surface area contributed by atoms with Crippen LogP contribution in [0.25, 0.3) is 11.0 Å². The first-order chi connectivity index (χ1) is 15.3. The Hall–Kier alpha value is -4.21. The van der Waals surface area contributed by atoms with Gasteiger partial charge < -0.3 is 19.2 Å². The Morgan fingerprint density at radius 2 is 1.88 bits per heavy atom. The van der Waals surface area contributed by atoms with E-state index >= 15 is 0 Å². The van der Waals surface area contributed by atoms with E-state index in [0.717, 1.165) is 0 Å². The average molecular weight is 440 g/mol. The lowest BCUT2D eigenvalue weighted by molar-refractivity contribution is -0.384. The van der Waals surface area contributed by atoms with Gasteiger partial charge >= 0.3 is 11.6 Å². The van der Waals surface area contributed by atoms with E-state index in [1.54, 1.807) is 31.2 Å². The zero-order chi connectivity index (χ0) is 23.3. The summed E-state index contributed by atoms with van der Waals surface area (Å²) in [4.78, 5) is 47.7. The van der Waals surface area contributed by atoms with Crippen LogP contribution in [0.1, 0.15) is 35.3 Å². The third-order valence-electron chi connectivity index (χ3n) is 4.67. The van der Waals surface area contributed by atoms with Gasteiger partial charge in [-0.05, 0) is 36.8 Å². The summed E-state index contributed by atoms with van der Waals surface area (Å²) in [6.07, 6.45) is -0.170. The minimum absolute atomic E-state index is 0.107. The third kappa shape index (κ3) is 5.09. The van der Waals surface area contributed by atoms with E-state index in [9.17, 15) is 24.5 Å². The Morgan fingerprint density at radius 3 is 2.50 bits per heavy atom. The largest absolute Gasteiger partial charge is 0.497 e. The molecule has 3 rings (SSSR count). The van der Waals surface area contributed by atoms with Crippen LogP contribution < -0.4 is 15.7 Å². The Balaban J connectivity index is 1.94. The average Bonchev–Trinajstić information content (AvgIpc) is 2.78. The predicted molar refractivity (Wildman–Crippen MR) is 114 cm³/mol. The minimum atomic E-state index is -0.909. The molecule has 1 atom stereocenters. The van der Waals surface area contributed by atoms with E-state index < -0.39 is 28.5 Å². The lowest BCUT2D eigenvalue weighted by Gasteiger charge is -2.18. The van der Waals surface area contributed by atoms with Crippen molar-refractivity contribution in [1.29, 1.82) is 0 Å². The van der Waals surface area contributed by atoms with Crippen molar-refractivity contribution in [2.75, 3.05) is 13.7 Å². The summed E-state index contributed by atoms with van der Waals surface area (Å²) in [5.74, 6) is -0.737. The zero-order valence-corrected chi connectivity index (χ0v) is 17.3. The number of hydrogen-bond acceptors (Lipinski definition) is 8. The van der Waals surface area contributed by atoms with Crippen LogP contribution >= 0.6 is 0 Å². The Bertz CT molecular complexity index is 1220. The summed E-state index contributed by atoms with van der Waals surface area (Å²) in [5.41, 5.74) is -0.770. The van der Waals surface area contributed by atoms with E-state index in [0.29, 0.717) is 11.3 Å². The summed E-state index contributed by atoms with van der Waals surface area (Å²) in [6, 6.07) is 10.8. The van der Waals surface area contributed by atoms with Crippen molar-refractivity contribution in [2.45, 2.75) is 19.4 Å². The fourth-order valence-electron chi connectivity index (χ4n) is 3.09. The molecule has 1 N–H and O–H groups in total. The summed E-state index contributed by atoms with van der Waals surface area (Å²) in [5, 5.41) is 13.9. The number of amides is 1. The van der Waals surface area contributed by atoms with Gasteiger partial charge in [0.05, 0.1) is 31.1 Å². The molecule has 1 aromatic heterocycles. The standard InChI is InChI=1S/C22H20N2O8/c1-3-31-20(25)12-18(13-4-7-16(30-2)8-5-13)23-21(26)17-11-14-10-15(24(28)29)6-9-19(14)32-22(17)27/h4-11,18H,3,12H2,1-2H3,(H,23,26)/t18-/m1/s1. The predicted octanol–water partition coefficient (Wildman–Crippen LogP) is 3.13. The monoisotopic (exact) mass is 440 g/mol. The molecule has 0 bridgehead atoms. The van der Waals surface area contributed by atoms with Gasteiger partial charge in [-0.3, -0.25) is 19.7 Å². The number of hydrogen-bond donors (Lipinski definition) is 1. The number of benzene rings is 2. The molecule has 0 saturated carbocycles. The van der Waals surface area contributed by atoms with Gasteiger partial charge in [-0.25, -0.2) is 4.79 Å². The molecular weight excluding hydrogens is 420 g/mol. The molecule has 3 aromatic rings. The van der Waals surface area contributed by atoms with Crippen LogP contribution in [0.4, 0.5) is 5.69 Å². The SMILES string of the molecule is CCOC(=O)C[C@@H](NC(=O)c1cc2cc([N+](=O)[O-])ccc2oc1=O)c1ccc(OC)cc1. The van der Waals surface area contributed by atoms with Gasteiger partial charge in [0.15, 0.2) is 0 Å². The van der Waals surface area contributed by atoms with Gasteiger partial charge in [-0.2, -0.15) is 0 Å². The van der Waals surface area contributed by atoms with Crippen molar-refractivity contribution in [1.82, 2.24) is 5.32 Å². The highest BCUT2D eigenvalue weighted by atomic mass is 16.6. The van der Waals surface area contributed by atoms with E-state index in [4.69, 9.17) is 13.9 Å². The first kappa shape index (κ1) is 22.5. The number of ether oxygens (including phenoxy) is 2. The van der Waals surface area contributed by atoms with Crippen molar-refractivity contribution in [2.24, 2.45) is 0 Å². The second-order valence-electron chi connectivity index (χ2n) is 6.74. The van der Waals surface area contributed by atoms with E-state index in [1.165, 1.54) is 31.4 Å². The van der Waals surface area contributed by atoms with Crippen molar-refractivity contribution in [3.8, 4) is 5.75 Å². The molecule has 1 amide bonds. The van der Waals surface area contributed by atoms with Gasteiger partial charge in [-0.1, -0.05) is 12.1 Å². The van der Waals surface area contributed by atoms with Crippen LogP contribution in [0.15, 0.2) is 57.7 Å². The van der Waals surface area contributed by atoms with Crippen LogP contribution in [-0.4, -0.2) is 30.5 Å². The fraction of sp³-hybridized carbons (Fsp3) is 0.227. The normalized spacial score (nSPS) is 11.6. The third-order valence-corrected chi connectivity index (χ3v) is 4.67. The molecular formula is C22H20N2O8. The first-order valence-electron chi connectivity index (χ1n) is 9.65. The number of rotatable bonds is 8. The quantitative estimate of drug-likeness (QED) is 0.244. The molecule has 166 valence electrons. The molecule has 0 fully saturated rings. The number of nitrogens with one attached hydrogen (secondary N) is 1. The zero-order valence-electron chi connectivity index (χ0n) is 17.3.